The van der Waals surface area contributed by atoms with Crippen molar-refractivity contribution in [2.45, 2.75) is 12.6 Å². The van der Waals surface area contributed by atoms with Gasteiger partial charge in [0.2, 0.25) is 5.72 Å². The summed E-state index contributed by atoms with van der Waals surface area (Å²) in [6, 6.07) is 0. The molecule has 0 aromatic rings. The van der Waals surface area contributed by atoms with Crippen LogP contribution in [0.5, 0.6) is 0 Å². The Kier molecular flexibility index (Phi) is 2.82. The fourth-order valence-electron chi connectivity index (χ4n) is 0.349. The van der Waals surface area contributed by atoms with Crippen LogP contribution < -0.4 is 5.32 Å². The molecule has 0 saturated heterocycles. The summed E-state index contributed by atoms with van der Waals surface area (Å²) in [5.41, 5.74) is -1.98. The molecule has 0 aliphatic heterocycles. The molecular formula is C5H8NO4. The summed E-state index contributed by atoms with van der Waals surface area (Å²) < 4.78 is 4.14. The lowest BCUT2D eigenvalue weighted by Crippen LogP contribution is -2.49. The van der Waals surface area contributed by atoms with Crippen molar-refractivity contribution in [2.75, 3.05) is 7.11 Å². The highest BCUT2D eigenvalue weighted by Gasteiger charge is 2.30. The summed E-state index contributed by atoms with van der Waals surface area (Å²) in [5.74, 6) is -0.934. The molecule has 0 aliphatic rings. The summed E-state index contributed by atoms with van der Waals surface area (Å²) >= 11 is 0. The van der Waals surface area contributed by atoms with E-state index in [1.807, 2.05) is 0 Å². The predicted molar refractivity (Wildman–Crippen MR) is 31.5 cm³/mol. The third kappa shape index (κ3) is 2.02. The molecule has 2 N–H and O–H groups in total. The van der Waals surface area contributed by atoms with Crippen LogP contribution in [0, 0.1) is 0 Å². The van der Waals surface area contributed by atoms with Crippen LogP contribution in [0.25, 0.3) is 0 Å². The molecule has 1 unspecified atom stereocenters. The monoisotopic (exact) mass is 146 g/mol. The van der Waals surface area contributed by atoms with Crippen molar-refractivity contribution in [1.29, 1.82) is 0 Å². The molecule has 0 heterocycles. The zero-order chi connectivity index (χ0) is 8.20. The van der Waals surface area contributed by atoms with Crippen molar-refractivity contribution >= 4 is 12.4 Å². The molecule has 1 atom stereocenters. The zero-order valence-corrected chi connectivity index (χ0v) is 5.67. The Balaban J connectivity index is 4.08. The number of rotatable bonds is 3. The van der Waals surface area contributed by atoms with E-state index in [4.69, 9.17) is 5.11 Å². The summed E-state index contributed by atoms with van der Waals surface area (Å²) in [4.78, 5) is 20.1. The van der Waals surface area contributed by atoms with Crippen LogP contribution in [-0.4, -0.2) is 30.3 Å². The van der Waals surface area contributed by atoms with Crippen molar-refractivity contribution < 1.29 is 19.4 Å². The highest BCUT2D eigenvalue weighted by atomic mass is 16.5. The number of esters is 1. The second-order valence-corrected chi connectivity index (χ2v) is 1.79. The minimum atomic E-state index is -1.98. The van der Waals surface area contributed by atoms with Gasteiger partial charge in [0, 0.05) is 0 Å². The van der Waals surface area contributed by atoms with Gasteiger partial charge in [-0.1, -0.05) is 0 Å². The average molecular weight is 146 g/mol. The maximum atomic E-state index is 10.5. The Hall–Kier alpha value is -1.10. The molecule has 10 heavy (non-hydrogen) atoms. The van der Waals surface area contributed by atoms with Crippen molar-refractivity contribution in [3.05, 3.63) is 0 Å². The third-order valence-electron chi connectivity index (χ3n) is 0.877. The molecule has 0 bridgehead atoms. The van der Waals surface area contributed by atoms with Crippen molar-refractivity contribution in [2.24, 2.45) is 0 Å². The molecule has 0 fully saturated rings. The highest BCUT2D eigenvalue weighted by Crippen LogP contribution is 1.97. The maximum Gasteiger partial charge on any atom is 0.359 e. The molecule has 0 saturated carbocycles. The summed E-state index contributed by atoms with van der Waals surface area (Å²) in [5, 5.41) is 10.7. The van der Waals surface area contributed by atoms with Crippen molar-refractivity contribution in [3.63, 3.8) is 0 Å². The molecule has 0 aliphatic carbocycles. The Morgan fingerprint density at radius 2 is 2.30 bits per heavy atom. The topological polar surface area (TPSA) is 75.6 Å². The molecule has 5 heteroatoms. The van der Waals surface area contributed by atoms with Gasteiger partial charge >= 0.3 is 12.4 Å². The van der Waals surface area contributed by atoms with Crippen LogP contribution in [0.15, 0.2) is 0 Å². The third-order valence-corrected chi connectivity index (χ3v) is 0.877. The molecule has 1 amide bonds. The van der Waals surface area contributed by atoms with Crippen LogP contribution in [0.1, 0.15) is 6.92 Å². The van der Waals surface area contributed by atoms with E-state index < -0.39 is 11.7 Å². The lowest BCUT2D eigenvalue weighted by molar-refractivity contribution is -0.162. The van der Waals surface area contributed by atoms with Gasteiger partial charge in [0.05, 0.1) is 7.11 Å². The van der Waals surface area contributed by atoms with Crippen LogP contribution in [0.2, 0.25) is 0 Å². The summed E-state index contributed by atoms with van der Waals surface area (Å²) in [7, 11) is 1.10. The van der Waals surface area contributed by atoms with E-state index in [2.05, 4.69) is 4.74 Å². The minimum Gasteiger partial charge on any atom is -0.465 e. The van der Waals surface area contributed by atoms with Gasteiger partial charge in [-0.15, -0.1) is 0 Å². The van der Waals surface area contributed by atoms with Gasteiger partial charge in [-0.05, 0) is 6.92 Å². The average Bonchev–Trinajstić information content (AvgIpc) is 1.86. The fourth-order valence-corrected chi connectivity index (χ4v) is 0.349. The van der Waals surface area contributed by atoms with E-state index in [1.165, 1.54) is 6.41 Å². The van der Waals surface area contributed by atoms with E-state index in [0.717, 1.165) is 14.0 Å². The molecule has 57 valence electrons. The molecule has 0 aromatic carbocycles. The normalized spacial score (nSPS) is 15.1. The number of carbonyl (C=O) groups is 1. The molecule has 0 rings (SSSR count). The largest absolute Gasteiger partial charge is 0.465 e. The van der Waals surface area contributed by atoms with Crippen LogP contribution in [0.4, 0.5) is 0 Å². The first-order chi connectivity index (χ1) is 4.54. The van der Waals surface area contributed by atoms with E-state index in [9.17, 15) is 9.59 Å². The molecular weight excluding hydrogens is 138 g/mol. The summed E-state index contributed by atoms with van der Waals surface area (Å²) in [6.45, 7) is 1.09. The number of amides is 1. The molecule has 0 spiro atoms. The Morgan fingerprint density at radius 3 is 2.60 bits per heavy atom. The first kappa shape index (κ1) is 8.90. The number of aliphatic hydroxyl groups is 1. The number of carbonyl (C=O) groups excluding carboxylic acids is 2. The molecule has 0 aromatic heterocycles. The van der Waals surface area contributed by atoms with E-state index in [-0.39, 0.29) is 0 Å². The quantitative estimate of drug-likeness (QED) is 0.289. The number of hydrogen-bond donors (Lipinski definition) is 2. The van der Waals surface area contributed by atoms with Crippen molar-refractivity contribution in [3.8, 4) is 0 Å². The predicted octanol–water partition coefficient (Wildman–Crippen LogP) is -1.48. The van der Waals surface area contributed by atoms with E-state index in [0.29, 0.717) is 0 Å². The van der Waals surface area contributed by atoms with Crippen LogP contribution >= 0.6 is 0 Å². The number of nitrogens with one attached hydrogen (secondary N) is 1. The standard InChI is InChI=1S/C5H8NO4/c1-5(9,6-3-7)4(8)10-2/h9H,1-2H3,(H,6,7). The van der Waals surface area contributed by atoms with E-state index >= 15 is 0 Å². The fraction of sp³-hybridized carbons (Fsp3) is 0.600. The van der Waals surface area contributed by atoms with Gasteiger partial charge in [-0.2, -0.15) is 0 Å². The van der Waals surface area contributed by atoms with Gasteiger partial charge in [0.1, 0.15) is 0 Å². The number of methoxy groups -OCH3 is 1. The first-order valence-electron chi connectivity index (χ1n) is 2.49. The summed E-state index contributed by atoms with van der Waals surface area (Å²) in [6.07, 6.45) is 1.17. The zero-order valence-electron chi connectivity index (χ0n) is 5.67. The SMILES string of the molecule is COC(=O)C(C)(O)N[C]=O. The van der Waals surface area contributed by atoms with Gasteiger partial charge in [-0.3, -0.25) is 4.79 Å². The lowest BCUT2D eigenvalue weighted by Gasteiger charge is -2.17. The number of hydrogen-bond acceptors (Lipinski definition) is 4. The van der Waals surface area contributed by atoms with Crippen LogP contribution in [-0.2, 0) is 14.3 Å². The molecule has 5 nitrogen and oxygen atoms in total. The van der Waals surface area contributed by atoms with Gasteiger partial charge in [0.25, 0.3) is 0 Å². The minimum absolute atomic E-state index is 0.934. The second-order valence-electron chi connectivity index (χ2n) is 1.79. The Labute approximate surface area is 58.0 Å². The number of ether oxygens (including phenoxy) is 1. The Bertz CT molecular complexity index is 143. The molecule has 1 radical (unpaired) electrons. The van der Waals surface area contributed by atoms with Crippen LogP contribution in [0.3, 0.4) is 0 Å². The maximum absolute atomic E-state index is 10.5. The van der Waals surface area contributed by atoms with Gasteiger partial charge in [-0.25, -0.2) is 4.79 Å². The highest BCUT2D eigenvalue weighted by molar-refractivity contribution is 5.80. The van der Waals surface area contributed by atoms with Crippen molar-refractivity contribution in [1.82, 2.24) is 5.32 Å². The lowest BCUT2D eigenvalue weighted by atomic mass is 10.3. The van der Waals surface area contributed by atoms with E-state index in [1.54, 1.807) is 5.32 Å². The van der Waals surface area contributed by atoms with Gasteiger partial charge < -0.3 is 15.2 Å². The van der Waals surface area contributed by atoms with Gasteiger partial charge in [0.15, 0.2) is 0 Å². The smallest absolute Gasteiger partial charge is 0.359 e. The first-order valence-corrected chi connectivity index (χ1v) is 2.49. The Morgan fingerprint density at radius 1 is 1.80 bits per heavy atom. The second kappa shape index (κ2) is 3.17.